The number of thiophene rings is 1. The van der Waals surface area contributed by atoms with Crippen LogP contribution in [-0.2, 0) is 0 Å². The van der Waals surface area contributed by atoms with Gasteiger partial charge in [0.2, 0.25) is 0 Å². The highest BCUT2D eigenvalue weighted by Crippen LogP contribution is 2.47. The third-order valence-electron chi connectivity index (χ3n) is 8.78. The van der Waals surface area contributed by atoms with Crippen LogP contribution in [0.5, 0.6) is 6.01 Å². The number of hydrogen-bond acceptors (Lipinski definition) is 8. The van der Waals surface area contributed by atoms with Crippen molar-refractivity contribution in [3.8, 4) is 23.2 Å². The van der Waals surface area contributed by atoms with Gasteiger partial charge in [-0.05, 0) is 37.1 Å². The first kappa shape index (κ1) is 27.4. The monoisotopic (exact) mass is 616 g/mol. The highest BCUT2D eigenvalue weighted by Gasteiger charge is 2.49. The smallest absolute Gasteiger partial charge is 0.319 e. The molecule has 4 aromatic rings. The number of halogens is 5. The van der Waals surface area contributed by atoms with E-state index in [1.165, 1.54) is 18.2 Å². The normalized spacial score (nSPS) is 25.2. The molecule has 1 saturated carbocycles. The molecule has 0 bridgehead atoms. The molecule has 42 heavy (non-hydrogen) atoms. The quantitative estimate of drug-likeness (QED) is 0.251. The summed E-state index contributed by atoms with van der Waals surface area (Å²) in [5.74, 6) is -1.19. The van der Waals surface area contributed by atoms with Gasteiger partial charge in [-0.3, -0.25) is 4.90 Å². The van der Waals surface area contributed by atoms with Gasteiger partial charge in [-0.1, -0.05) is 17.7 Å². The number of alkyl halides is 2. The summed E-state index contributed by atoms with van der Waals surface area (Å²) in [5.41, 5.74) is 5.50. The third kappa shape index (κ3) is 4.16. The van der Waals surface area contributed by atoms with E-state index in [1.54, 1.807) is 11.9 Å². The van der Waals surface area contributed by atoms with E-state index in [2.05, 4.69) is 14.9 Å². The fraction of sp³-hybridized carbons (Fsp3) is 0.414. The molecule has 0 radical (unpaired) electrons. The summed E-state index contributed by atoms with van der Waals surface area (Å²) >= 11 is 7.58. The Morgan fingerprint density at radius 1 is 1.31 bits per heavy atom. The van der Waals surface area contributed by atoms with Crippen LogP contribution in [0.1, 0.15) is 31.2 Å². The highest BCUT2D eigenvalue weighted by molar-refractivity contribution is 7.23. The molecule has 0 amide bonds. The first-order chi connectivity index (χ1) is 20.1. The van der Waals surface area contributed by atoms with Gasteiger partial charge >= 0.3 is 6.01 Å². The van der Waals surface area contributed by atoms with Crippen molar-refractivity contribution < 1.29 is 22.3 Å². The number of aromatic nitrogens is 2. The molecule has 2 aliphatic heterocycles. The molecule has 3 aliphatic rings. The number of ether oxygens (including phenoxy) is 1. The molecule has 2 aromatic heterocycles. The zero-order chi connectivity index (χ0) is 29.5. The van der Waals surface area contributed by atoms with Gasteiger partial charge < -0.3 is 15.4 Å². The van der Waals surface area contributed by atoms with Crippen LogP contribution in [0, 0.1) is 23.0 Å². The maximum absolute atomic E-state index is 16.6. The standard InChI is InChI=1S/C29H25ClF4N6OS/c1-39(20-8-19(20)33)27-15-7-17(30)22(14-3-4-18(32)25-21(14)16(10-35)26(36)42-25)23(34)24(15)37-28(38-27)41-12-29-5-2-6-40(29)11-13(31)9-29/h3-4,7,13,19-20H,2,5-6,8-9,11-12,36H2,1H3/t13-,19+,20+,29+/m1/s1. The number of benzene rings is 2. The molecule has 3 fully saturated rings. The molecule has 218 valence electrons. The van der Waals surface area contributed by atoms with Gasteiger partial charge in [-0.2, -0.15) is 15.2 Å². The predicted molar refractivity (Wildman–Crippen MR) is 155 cm³/mol. The average Bonchev–Trinajstić information content (AvgIpc) is 3.24. The Bertz CT molecular complexity index is 1810. The highest BCUT2D eigenvalue weighted by atomic mass is 35.5. The van der Waals surface area contributed by atoms with Crippen molar-refractivity contribution in [3.63, 3.8) is 0 Å². The van der Waals surface area contributed by atoms with Crippen molar-refractivity contribution >= 4 is 54.7 Å². The van der Waals surface area contributed by atoms with E-state index >= 15 is 4.39 Å². The van der Waals surface area contributed by atoms with Crippen LogP contribution in [0.25, 0.3) is 32.1 Å². The molecule has 2 saturated heterocycles. The minimum absolute atomic E-state index is 0.0259. The maximum atomic E-state index is 16.6. The molecule has 7 nitrogen and oxygen atoms in total. The van der Waals surface area contributed by atoms with E-state index < -0.39 is 35.6 Å². The molecule has 13 heteroatoms. The van der Waals surface area contributed by atoms with E-state index in [9.17, 15) is 18.4 Å². The molecule has 4 atom stereocenters. The van der Waals surface area contributed by atoms with Crippen molar-refractivity contribution in [1.29, 1.82) is 5.26 Å². The molecule has 2 aromatic carbocycles. The summed E-state index contributed by atoms with van der Waals surface area (Å²) < 4.78 is 66.0. The van der Waals surface area contributed by atoms with E-state index in [1.807, 2.05) is 6.07 Å². The van der Waals surface area contributed by atoms with Crippen LogP contribution in [0.15, 0.2) is 18.2 Å². The number of nitrogen functional groups attached to an aromatic ring is 1. The number of rotatable bonds is 6. The average molecular weight is 617 g/mol. The summed E-state index contributed by atoms with van der Waals surface area (Å²) in [6.45, 7) is 1.24. The Labute approximate surface area is 247 Å². The lowest BCUT2D eigenvalue weighted by molar-refractivity contribution is 0.107. The van der Waals surface area contributed by atoms with Gasteiger partial charge in [-0.25, -0.2) is 17.6 Å². The molecule has 4 heterocycles. The van der Waals surface area contributed by atoms with Crippen molar-refractivity contribution in [2.24, 2.45) is 0 Å². The molecule has 1 aliphatic carbocycles. The number of hydrogen-bond donors (Lipinski definition) is 1. The van der Waals surface area contributed by atoms with Crippen molar-refractivity contribution in [2.75, 3.05) is 37.4 Å². The predicted octanol–water partition coefficient (Wildman–Crippen LogP) is 6.40. The lowest BCUT2D eigenvalue weighted by Crippen LogP contribution is -2.43. The zero-order valence-corrected chi connectivity index (χ0v) is 24.0. The lowest BCUT2D eigenvalue weighted by atomic mass is 9.95. The summed E-state index contributed by atoms with van der Waals surface area (Å²) in [5, 5.41) is 10.2. The van der Waals surface area contributed by atoms with Gasteiger partial charge in [0.25, 0.3) is 0 Å². The maximum Gasteiger partial charge on any atom is 0.319 e. The van der Waals surface area contributed by atoms with Crippen LogP contribution in [-0.4, -0.2) is 65.5 Å². The molecular formula is C29H25ClF4N6OS. The van der Waals surface area contributed by atoms with E-state index in [0.29, 0.717) is 19.4 Å². The first-order valence-corrected chi connectivity index (χ1v) is 14.8. The second-order valence-corrected chi connectivity index (χ2v) is 12.8. The summed E-state index contributed by atoms with van der Waals surface area (Å²) in [6, 6.07) is 5.42. The minimum Gasteiger partial charge on any atom is -0.461 e. The van der Waals surface area contributed by atoms with Crippen LogP contribution in [0.2, 0.25) is 5.02 Å². The van der Waals surface area contributed by atoms with Crippen molar-refractivity contribution in [1.82, 2.24) is 14.9 Å². The number of anilines is 2. The molecular weight excluding hydrogens is 592 g/mol. The number of fused-ring (bicyclic) bond motifs is 3. The molecule has 2 N–H and O–H groups in total. The van der Waals surface area contributed by atoms with E-state index in [4.69, 9.17) is 22.1 Å². The van der Waals surface area contributed by atoms with Crippen molar-refractivity contribution in [3.05, 3.63) is 40.4 Å². The van der Waals surface area contributed by atoms with Gasteiger partial charge in [0.1, 0.15) is 47.2 Å². The third-order valence-corrected chi connectivity index (χ3v) is 10.1. The Balaban J connectivity index is 1.39. The van der Waals surface area contributed by atoms with Gasteiger partial charge in [0.15, 0.2) is 5.82 Å². The topological polar surface area (TPSA) is 91.3 Å². The SMILES string of the molecule is CN(c1nc(OC[C@@]23CCCN2C[C@H](F)C3)nc2c(F)c(-c3ccc(F)c4sc(N)c(C#N)c34)c(Cl)cc12)[C@H]1C[C@@H]1F. The molecule has 7 rings (SSSR count). The Morgan fingerprint density at radius 3 is 2.83 bits per heavy atom. The Hall–Kier alpha value is -3.40. The number of nitrogens with two attached hydrogens (primary N) is 1. The van der Waals surface area contributed by atoms with E-state index in [-0.39, 0.29) is 66.1 Å². The summed E-state index contributed by atoms with van der Waals surface area (Å²) in [4.78, 5) is 12.7. The van der Waals surface area contributed by atoms with Crippen LogP contribution >= 0.6 is 22.9 Å². The summed E-state index contributed by atoms with van der Waals surface area (Å²) in [6.07, 6.45) is 0.298. The second kappa shape index (κ2) is 9.82. The van der Waals surface area contributed by atoms with Crippen LogP contribution < -0.4 is 15.4 Å². The van der Waals surface area contributed by atoms with Crippen LogP contribution in [0.4, 0.5) is 28.4 Å². The van der Waals surface area contributed by atoms with Gasteiger partial charge in [0, 0.05) is 42.8 Å². The van der Waals surface area contributed by atoms with Gasteiger partial charge in [0.05, 0.1) is 26.9 Å². The first-order valence-electron chi connectivity index (χ1n) is 13.6. The second-order valence-electron chi connectivity index (χ2n) is 11.3. The lowest BCUT2D eigenvalue weighted by Gasteiger charge is -2.31. The number of nitrogens with zero attached hydrogens (tertiary/aromatic N) is 5. The molecule has 0 unspecified atom stereocenters. The Morgan fingerprint density at radius 2 is 2.10 bits per heavy atom. The van der Waals surface area contributed by atoms with Gasteiger partial charge in [-0.15, -0.1) is 11.3 Å². The van der Waals surface area contributed by atoms with Crippen molar-refractivity contribution in [2.45, 2.75) is 49.6 Å². The summed E-state index contributed by atoms with van der Waals surface area (Å²) in [7, 11) is 1.66. The molecule has 0 spiro atoms. The minimum atomic E-state index is -1.06. The zero-order valence-electron chi connectivity index (χ0n) is 22.4. The fourth-order valence-corrected chi connectivity index (χ4v) is 7.85. The van der Waals surface area contributed by atoms with Crippen LogP contribution in [0.3, 0.4) is 0 Å². The van der Waals surface area contributed by atoms with E-state index in [0.717, 1.165) is 30.7 Å². The largest absolute Gasteiger partial charge is 0.461 e. The fourth-order valence-electron chi connectivity index (χ4n) is 6.61. The number of nitriles is 1. The Kier molecular flexibility index (Phi) is 6.42.